The number of halogens is 1. The lowest BCUT2D eigenvalue weighted by molar-refractivity contribution is 0.183. The fourth-order valence-electron chi connectivity index (χ4n) is 1.77. The van der Waals surface area contributed by atoms with Crippen LogP contribution in [0.5, 0.6) is 0 Å². The van der Waals surface area contributed by atoms with Gasteiger partial charge in [0.2, 0.25) is 0 Å². The van der Waals surface area contributed by atoms with Crippen molar-refractivity contribution in [1.29, 1.82) is 0 Å². The molecule has 2 heterocycles. The highest BCUT2D eigenvalue weighted by atomic mass is 35.5. The van der Waals surface area contributed by atoms with E-state index in [0.717, 1.165) is 25.5 Å². The minimum atomic E-state index is 0.347. The van der Waals surface area contributed by atoms with E-state index in [-0.39, 0.29) is 0 Å². The maximum absolute atomic E-state index is 6.02. The zero-order chi connectivity index (χ0) is 10.7. The summed E-state index contributed by atoms with van der Waals surface area (Å²) in [5.41, 5.74) is 0. The first-order valence-corrected chi connectivity index (χ1v) is 5.60. The number of ether oxygens (including phenoxy) is 1. The van der Waals surface area contributed by atoms with Gasteiger partial charge in [0.15, 0.2) is 0 Å². The Hall–Kier alpha value is -0.800. The molecule has 1 aromatic rings. The molecule has 3 nitrogen and oxygen atoms in total. The van der Waals surface area contributed by atoms with Crippen LogP contribution in [0.1, 0.15) is 13.3 Å². The fourth-order valence-corrected chi connectivity index (χ4v) is 1.95. The van der Waals surface area contributed by atoms with Gasteiger partial charge in [0, 0.05) is 24.8 Å². The van der Waals surface area contributed by atoms with Crippen molar-refractivity contribution in [1.82, 2.24) is 4.98 Å². The van der Waals surface area contributed by atoms with Crippen molar-refractivity contribution in [2.75, 3.05) is 18.5 Å². The third-order valence-corrected chi connectivity index (χ3v) is 3.10. The molecule has 0 amide bonds. The van der Waals surface area contributed by atoms with E-state index in [1.54, 1.807) is 6.20 Å². The smallest absolute Gasteiger partial charge is 0.144 e. The summed E-state index contributed by atoms with van der Waals surface area (Å²) in [5, 5.41) is 4.00. The molecule has 2 atom stereocenters. The minimum absolute atomic E-state index is 0.347. The maximum atomic E-state index is 6.02. The summed E-state index contributed by atoms with van der Waals surface area (Å²) >= 11 is 6.02. The zero-order valence-corrected chi connectivity index (χ0v) is 9.50. The molecule has 0 aliphatic carbocycles. The van der Waals surface area contributed by atoms with Gasteiger partial charge in [0.1, 0.15) is 5.82 Å². The third-order valence-electron chi connectivity index (χ3n) is 2.79. The number of nitrogens with one attached hydrogen (secondary N) is 1. The van der Waals surface area contributed by atoms with Gasteiger partial charge in [-0.2, -0.15) is 0 Å². The summed E-state index contributed by atoms with van der Waals surface area (Å²) in [6.45, 7) is 3.84. The van der Waals surface area contributed by atoms with Crippen molar-refractivity contribution in [2.24, 2.45) is 5.92 Å². The first-order chi connectivity index (χ1) is 7.27. The van der Waals surface area contributed by atoms with Crippen molar-refractivity contribution >= 4 is 17.4 Å². The van der Waals surface area contributed by atoms with Crippen molar-refractivity contribution < 1.29 is 4.74 Å². The average Bonchev–Trinajstić information content (AvgIpc) is 2.74. The zero-order valence-electron chi connectivity index (χ0n) is 8.74. The van der Waals surface area contributed by atoms with Crippen LogP contribution in [0.3, 0.4) is 0 Å². The molecule has 1 aliphatic heterocycles. The number of pyridine rings is 1. The van der Waals surface area contributed by atoms with Gasteiger partial charge in [-0.05, 0) is 25.5 Å². The maximum Gasteiger partial charge on any atom is 0.144 e. The molecule has 2 rings (SSSR count). The molecule has 1 aliphatic rings. The normalized spacial score (nSPS) is 22.7. The highest BCUT2D eigenvalue weighted by molar-refractivity contribution is 6.32. The van der Waals surface area contributed by atoms with Crippen molar-refractivity contribution in [2.45, 2.75) is 19.4 Å². The van der Waals surface area contributed by atoms with Gasteiger partial charge in [0.05, 0.1) is 11.6 Å². The second kappa shape index (κ2) is 4.81. The van der Waals surface area contributed by atoms with E-state index in [1.807, 2.05) is 12.1 Å². The quantitative estimate of drug-likeness (QED) is 0.860. The first kappa shape index (κ1) is 10.7. The van der Waals surface area contributed by atoms with Crippen molar-refractivity contribution in [3.8, 4) is 0 Å². The Morgan fingerprint density at radius 3 is 3.20 bits per heavy atom. The molecule has 0 aromatic carbocycles. The number of hydrogen-bond donors (Lipinski definition) is 1. The van der Waals surface area contributed by atoms with Gasteiger partial charge in [-0.1, -0.05) is 11.6 Å². The summed E-state index contributed by atoms with van der Waals surface area (Å²) in [4.78, 5) is 4.21. The molecule has 1 N–H and O–H groups in total. The molecule has 1 saturated heterocycles. The highest BCUT2D eigenvalue weighted by Crippen LogP contribution is 2.23. The van der Waals surface area contributed by atoms with Gasteiger partial charge >= 0.3 is 0 Å². The summed E-state index contributed by atoms with van der Waals surface area (Å²) in [6.07, 6.45) is 2.85. The lowest BCUT2D eigenvalue weighted by atomic mass is 10.0. The summed E-state index contributed by atoms with van der Waals surface area (Å²) in [5.74, 6) is 1.32. The molecule has 1 fully saturated rings. The second-order valence-electron chi connectivity index (χ2n) is 3.89. The molecule has 0 spiro atoms. The monoisotopic (exact) mass is 226 g/mol. The van der Waals surface area contributed by atoms with Crippen LogP contribution in [0.4, 0.5) is 5.82 Å². The minimum Gasteiger partial charge on any atom is -0.381 e. The molecule has 0 saturated carbocycles. The SMILES string of the molecule is CC(Nc1ncccc1Cl)C1CCOC1. The Kier molecular flexibility index (Phi) is 3.44. The summed E-state index contributed by atoms with van der Waals surface area (Å²) < 4.78 is 5.35. The second-order valence-corrected chi connectivity index (χ2v) is 4.30. The van der Waals surface area contributed by atoms with E-state index in [0.29, 0.717) is 17.0 Å². The standard InChI is InChI=1S/C11H15ClN2O/c1-8(9-4-6-15-7-9)14-11-10(12)3-2-5-13-11/h2-3,5,8-9H,4,6-7H2,1H3,(H,13,14). The van der Waals surface area contributed by atoms with Crippen LogP contribution >= 0.6 is 11.6 Å². The predicted molar refractivity (Wildman–Crippen MR) is 61.3 cm³/mol. The Morgan fingerprint density at radius 1 is 1.67 bits per heavy atom. The van der Waals surface area contributed by atoms with Gasteiger partial charge < -0.3 is 10.1 Å². The van der Waals surface area contributed by atoms with E-state index >= 15 is 0 Å². The van der Waals surface area contributed by atoms with E-state index < -0.39 is 0 Å². The fraction of sp³-hybridized carbons (Fsp3) is 0.545. The van der Waals surface area contributed by atoms with Gasteiger partial charge in [-0.15, -0.1) is 0 Å². The van der Waals surface area contributed by atoms with Crippen LogP contribution in [0.2, 0.25) is 5.02 Å². The molecule has 15 heavy (non-hydrogen) atoms. The molecular formula is C11H15ClN2O. The third kappa shape index (κ3) is 2.61. The average molecular weight is 227 g/mol. The topological polar surface area (TPSA) is 34.2 Å². The number of aromatic nitrogens is 1. The van der Waals surface area contributed by atoms with Crippen LogP contribution in [-0.2, 0) is 4.74 Å². The largest absolute Gasteiger partial charge is 0.381 e. The first-order valence-electron chi connectivity index (χ1n) is 5.22. The van der Waals surface area contributed by atoms with Crippen LogP contribution < -0.4 is 5.32 Å². The Bertz CT molecular complexity index is 326. The van der Waals surface area contributed by atoms with E-state index in [1.165, 1.54) is 0 Å². The molecule has 2 unspecified atom stereocenters. The predicted octanol–water partition coefficient (Wildman–Crippen LogP) is 2.57. The van der Waals surface area contributed by atoms with Gasteiger partial charge in [-0.3, -0.25) is 0 Å². The van der Waals surface area contributed by atoms with Gasteiger partial charge in [-0.25, -0.2) is 4.98 Å². The number of anilines is 1. The molecule has 4 heteroatoms. The van der Waals surface area contributed by atoms with Crippen LogP contribution in [0.15, 0.2) is 18.3 Å². The summed E-state index contributed by atoms with van der Waals surface area (Å²) in [6, 6.07) is 4.02. The Morgan fingerprint density at radius 2 is 2.53 bits per heavy atom. The molecule has 0 radical (unpaired) electrons. The van der Waals surface area contributed by atoms with Gasteiger partial charge in [0.25, 0.3) is 0 Å². The Balaban J connectivity index is 1.99. The summed E-state index contributed by atoms with van der Waals surface area (Å²) in [7, 11) is 0. The van der Waals surface area contributed by atoms with E-state index in [4.69, 9.17) is 16.3 Å². The lowest BCUT2D eigenvalue weighted by Crippen LogP contribution is -2.26. The van der Waals surface area contributed by atoms with Crippen molar-refractivity contribution in [3.63, 3.8) is 0 Å². The molecule has 82 valence electrons. The van der Waals surface area contributed by atoms with Crippen molar-refractivity contribution in [3.05, 3.63) is 23.4 Å². The number of nitrogens with zero attached hydrogens (tertiary/aromatic N) is 1. The Labute approximate surface area is 94.8 Å². The molecular weight excluding hydrogens is 212 g/mol. The number of hydrogen-bond acceptors (Lipinski definition) is 3. The van der Waals surface area contributed by atoms with E-state index in [9.17, 15) is 0 Å². The van der Waals surface area contributed by atoms with Crippen LogP contribution in [0, 0.1) is 5.92 Å². The molecule has 0 bridgehead atoms. The number of rotatable bonds is 3. The lowest BCUT2D eigenvalue weighted by Gasteiger charge is -2.20. The van der Waals surface area contributed by atoms with Crippen LogP contribution in [0.25, 0.3) is 0 Å². The highest BCUT2D eigenvalue weighted by Gasteiger charge is 2.22. The van der Waals surface area contributed by atoms with Crippen LogP contribution in [-0.4, -0.2) is 24.2 Å². The van der Waals surface area contributed by atoms with E-state index in [2.05, 4.69) is 17.2 Å². The molecule has 1 aromatic heterocycles.